The summed E-state index contributed by atoms with van der Waals surface area (Å²) in [6, 6.07) is 8.76. The van der Waals surface area contributed by atoms with Gasteiger partial charge in [0, 0.05) is 16.7 Å². The van der Waals surface area contributed by atoms with E-state index in [1.54, 1.807) is 11.8 Å². The van der Waals surface area contributed by atoms with Crippen molar-refractivity contribution in [3.8, 4) is 0 Å². The van der Waals surface area contributed by atoms with E-state index in [0.717, 1.165) is 32.1 Å². The Morgan fingerprint density at radius 2 is 1.90 bits per heavy atom. The van der Waals surface area contributed by atoms with E-state index in [2.05, 4.69) is 37.4 Å². The zero-order chi connectivity index (χ0) is 20.2. The molecule has 1 saturated heterocycles. The van der Waals surface area contributed by atoms with Gasteiger partial charge in [0.2, 0.25) is 0 Å². The fourth-order valence-corrected chi connectivity index (χ4v) is 6.70. The van der Waals surface area contributed by atoms with Crippen molar-refractivity contribution in [1.82, 2.24) is 0 Å². The van der Waals surface area contributed by atoms with Gasteiger partial charge < -0.3 is 9.84 Å². The van der Waals surface area contributed by atoms with E-state index in [1.165, 1.54) is 27.2 Å². The normalized spacial score (nSPS) is 36.8. The number of hydrogen-bond acceptors (Lipinski definition) is 4. The zero-order valence-corrected chi connectivity index (χ0v) is 18.1. The molecule has 4 aliphatic rings. The van der Waals surface area contributed by atoms with Crippen molar-refractivity contribution in [3.05, 3.63) is 52.6 Å². The maximum Gasteiger partial charge on any atom is 0.156 e. The van der Waals surface area contributed by atoms with Gasteiger partial charge in [0.25, 0.3) is 0 Å². The molecule has 3 aliphatic carbocycles. The summed E-state index contributed by atoms with van der Waals surface area (Å²) in [5.74, 6) is 1.15. The monoisotopic (exact) mass is 410 g/mol. The number of benzene rings is 1. The number of allylic oxidation sites excluding steroid dienone is 3. The van der Waals surface area contributed by atoms with E-state index >= 15 is 0 Å². The second-order valence-electron chi connectivity index (χ2n) is 9.38. The van der Waals surface area contributed by atoms with Gasteiger partial charge in [-0.05, 0) is 90.7 Å². The van der Waals surface area contributed by atoms with E-state index in [9.17, 15) is 9.90 Å². The molecule has 1 aromatic carbocycles. The van der Waals surface area contributed by atoms with Crippen molar-refractivity contribution < 1.29 is 14.6 Å². The third kappa shape index (κ3) is 3.15. The third-order valence-corrected chi connectivity index (χ3v) is 8.67. The van der Waals surface area contributed by atoms with Crippen LogP contribution in [0, 0.1) is 17.3 Å². The van der Waals surface area contributed by atoms with Crippen LogP contribution in [0.4, 0.5) is 0 Å². The molecule has 29 heavy (non-hydrogen) atoms. The molecule has 0 radical (unpaired) electrons. The molecular formula is C25H30O3S. The first-order valence-electron chi connectivity index (χ1n) is 10.9. The summed E-state index contributed by atoms with van der Waals surface area (Å²) in [5, 5.41) is 10.8. The highest BCUT2D eigenvalue weighted by Crippen LogP contribution is 2.58. The van der Waals surface area contributed by atoms with Crippen molar-refractivity contribution in [1.29, 1.82) is 0 Å². The molecule has 5 rings (SSSR count). The van der Waals surface area contributed by atoms with Gasteiger partial charge in [-0.1, -0.05) is 19.1 Å². The lowest BCUT2D eigenvalue weighted by atomic mass is 9.63. The summed E-state index contributed by atoms with van der Waals surface area (Å²) in [5.41, 5.74) is 5.05. The number of rotatable bonds is 2. The Hall–Kier alpha value is -1.36. The molecule has 1 aliphatic heterocycles. The van der Waals surface area contributed by atoms with Crippen LogP contribution in [0.25, 0.3) is 0 Å². The van der Waals surface area contributed by atoms with Gasteiger partial charge >= 0.3 is 0 Å². The second kappa shape index (κ2) is 7.40. The van der Waals surface area contributed by atoms with Crippen LogP contribution >= 0.6 is 11.8 Å². The quantitative estimate of drug-likeness (QED) is 0.676. The molecule has 2 fully saturated rings. The first-order chi connectivity index (χ1) is 14.0. The van der Waals surface area contributed by atoms with Gasteiger partial charge in [-0.25, -0.2) is 0 Å². The fraction of sp³-hybridized carbons (Fsp3) is 0.560. The largest absolute Gasteiger partial charge is 0.392 e. The van der Waals surface area contributed by atoms with Crippen LogP contribution < -0.4 is 0 Å². The summed E-state index contributed by atoms with van der Waals surface area (Å²) in [6.45, 7) is 2.83. The van der Waals surface area contributed by atoms with Crippen LogP contribution in [0.2, 0.25) is 0 Å². The van der Waals surface area contributed by atoms with Gasteiger partial charge in [-0.15, -0.1) is 11.8 Å². The summed E-state index contributed by atoms with van der Waals surface area (Å²) in [4.78, 5) is 13.3. The molecule has 1 heterocycles. The fourth-order valence-electron chi connectivity index (χ4n) is 6.29. The average Bonchev–Trinajstić information content (AvgIpc) is 2.95. The van der Waals surface area contributed by atoms with E-state index in [0.29, 0.717) is 24.9 Å². The molecule has 5 unspecified atom stereocenters. The van der Waals surface area contributed by atoms with E-state index in [4.69, 9.17) is 4.74 Å². The maximum absolute atomic E-state index is 12.1. The molecule has 0 aromatic heterocycles. The Kier molecular flexibility index (Phi) is 5.00. The Bertz CT molecular complexity index is 884. The molecular weight excluding hydrogens is 380 g/mol. The van der Waals surface area contributed by atoms with E-state index in [-0.39, 0.29) is 23.4 Å². The molecule has 1 saturated carbocycles. The molecule has 0 amide bonds. The number of carbonyl (C=O) groups is 1. The van der Waals surface area contributed by atoms with E-state index in [1.807, 2.05) is 6.08 Å². The van der Waals surface area contributed by atoms with Gasteiger partial charge in [0.05, 0.1) is 12.7 Å². The van der Waals surface area contributed by atoms with E-state index < -0.39 is 0 Å². The summed E-state index contributed by atoms with van der Waals surface area (Å²) < 4.78 is 6.66. The number of carbonyl (C=O) groups excluding carboxylic acids is 1. The molecule has 1 N–H and O–H groups in total. The topological polar surface area (TPSA) is 46.5 Å². The standard InChI is InChI=1S/C25H30O3S/c1-25-14-28-24(15-3-7-18(29-2)8-4-15)23-19-10-6-17(26)13-16(19)5-9-20(23)21(25)11-12-22(25)27/h3-4,7-8,13,20-22,24,27H,5-6,9-12,14H2,1-2H3. The van der Waals surface area contributed by atoms with Crippen LogP contribution in [0.15, 0.2) is 52.0 Å². The Labute approximate surface area is 177 Å². The van der Waals surface area contributed by atoms with Crippen LogP contribution in [-0.4, -0.2) is 29.9 Å². The second-order valence-corrected chi connectivity index (χ2v) is 10.3. The Morgan fingerprint density at radius 3 is 2.66 bits per heavy atom. The average molecular weight is 411 g/mol. The van der Waals surface area contributed by atoms with Crippen LogP contribution in [0.1, 0.15) is 57.1 Å². The number of aliphatic hydroxyl groups is 1. The number of ether oxygens (including phenoxy) is 1. The molecule has 1 aromatic rings. The number of ketones is 1. The first kappa shape index (κ1) is 19.6. The van der Waals surface area contributed by atoms with Crippen molar-refractivity contribution in [2.45, 2.75) is 62.6 Å². The van der Waals surface area contributed by atoms with Crippen LogP contribution in [0.3, 0.4) is 0 Å². The molecule has 5 atom stereocenters. The van der Waals surface area contributed by atoms with Crippen LogP contribution in [0.5, 0.6) is 0 Å². The van der Waals surface area contributed by atoms with Gasteiger partial charge in [0.1, 0.15) is 6.10 Å². The predicted molar refractivity (Wildman–Crippen MR) is 116 cm³/mol. The van der Waals surface area contributed by atoms with Crippen molar-refractivity contribution in [3.63, 3.8) is 0 Å². The smallest absolute Gasteiger partial charge is 0.156 e. The highest BCUT2D eigenvalue weighted by Gasteiger charge is 2.54. The molecule has 0 bridgehead atoms. The zero-order valence-electron chi connectivity index (χ0n) is 17.3. The maximum atomic E-state index is 12.1. The minimum Gasteiger partial charge on any atom is -0.392 e. The third-order valence-electron chi connectivity index (χ3n) is 7.92. The predicted octanol–water partition coefficient (Wildman–Crippen LogP) is 5.25. The summed E-state index contributed by atoms with van der Waals surface area (Å²) >= 11 is 1.75. The molecule has 0 spiro atoms. The molecule has 154 valence electrons. The number of hydrogen-bond donors (Lipinski definition) is 1. The minimum absolute atomic E-state index is 0.0718. The lowest BCUT2D eigenvalue weighted by Gasteiger charge is -2.40. The highest BCUT2D eigenvalue weighted by atomic mass is 32.2. The lowest BCUT2D eigenvalue weighted by Crippen LogP contribution is -2.39. The summed E-state index contributed by atoms with van der Waals surface area (Å²) in [7, 11) is 0. The number of aliphatic hydroxyl groups excluding tert-OH is 1. The Balaban J connectivity index is 1.65. The first-order valence-corrected chi connectivity index (χ1v) is 12.1. The van der Waals surface area contributed by atoms with Crippen molar-refractivity contribution >= 4 is 17.5 Å². The Morgan fingerprint density at radius 1 is 1.10 bits per heavy atom. The molecule has 3 nitrogen and oxygen atoms in total. The van der Waals surface area contributed by atoms with Crippen molar-refractivity contribution in [2.24, 2.45) is 17.3 Å². The molecule has 4 heteroatoms. The number of fused-ring (bicyclic) bond motifs is 4. The van der Waals surface area contributed by atoms with Crippen LogP contribution in [-0.2, 0) is 9.53 Å². The number of thioether (sulfide) groups is 1. The van der Waals surface area contributed by atoms with Gasteiger partial charge in [-0.3, -0.25) is 4.79 Å². The minimum atomic E-state index is -0.291. The van der Waals surface area contributed by atoms with Gasteiger partial charge in [0.15, 0.2) is 5.78 Å². The van der Waals surface area contributed by atoms with Crippen molar-refractivity contribution in [2.75, 3.05) is 12.9 Å². The highest BCUT2D eigenvalue weighted by molar-refractivity contribution is 7.98. The van der Waals surface area contributed by atoms with Gasteiger partial charge in [-0.2, -0.15) is 0 Å². The SMILES string of the molecule is CSc1ccc(C2OCC3(C)C(O)CCC3C3CCC4=CC(=O)CCC4=C23)cc1. The summed E-state index contributed by atoms with van der Waals surface area (Å²) in [6.07, 6.45) is 9.06. The lowest BCUT2D eigenvalue weighted by molar-refractivity contribution is -0.114.